The van der Waals surface area contributed by atoms with Crippen molar-refractivity contribution in [1.82, 2.24) is 14.5 Å². The molecule has 2 aromatic rings. The van der Waals surface area contributed by atoms with Crippen molar-refractivity contribution in [3.63, 3.8) is 0 Å². The summed E-state index contributed by atoms with van der Waals surface area (Å²) in [6.07, 6.45) is 7.02. The molecule has 0 radical (unpaired) electrons. The smallest absolute Gasteiger partial charge is 0.132 e. The van der Waals surface area contributed by atoms with Crippen LogP contribution in [0.4, 0.5) is 5.82 Å². The quantitative estimate of drug-likeness (QED) is 0.767. The van der Waals surface area contributed by atoms with Crippen LogP contribution in [0.3, 0.4) is 0 Å². The second-order valence-electron chi connectivity index (χ2n) is 3.16. The lowest BCUT2D eigenvalue weighted by Crippen LogP contribution is -1.99. The number of hydrogen-bond donors (Lipinski definition) is 1. The van der Waals surface area contributed by atoms with Crippen LogP contribution in [0.1, 0.15) is 0 Å². The molecule has 0 aromatic carbocycles. The summed E-state index contributed by atoms with van der Waals surface area (Å²) in [5.74, 6) is 0.517. The Kier molecular flexibility index (Phi) is 2.49. The fourth-order valence-corrected chi connectivity index (χ4v) is 1.46. The summed E-state index contributed by atoms with van der Waals surface area (Å²) >= 11 is 0. The number of nitrogens with two attached hydrogens (primary N) is 1. The SMILES string of the molecule is C=CCn1cncc1-c1cccnc1N. The summed E-state index contributed by atoms with van der Waals surface area (Å²) in [6, 6.07) is 3.79. The molecule has 0 amide bonds. The molecule has 15 heavy (non-hydrogen) atoms. The maximum atomic E-state index is 5.80. The number of nitrogen functional groups attached to an aromatic ring is 1. The highest BCUT2D eigenvalue weighted by Crippen LogP contribution is 2.23. The molecule has 2 heterocycles. The number of rotatable bonds is 3. The number of aromatic nitrogens is 3. The van der Waals surface area contributed by atoms with Crippen LogP contribution in [0.5, 0.6) is 0 Å². The van der Waals surface area contributed by atoms with Gasteiger partial charge in [0.1, 0.15) is 5.82 Å². The molecule has 0 saturated heterocycles. The zero-order valence-corrected chi connectivity index (χ0v) is 8.30. The lowest BCUT2D eigenvalue weighted by Gasteiger charge is -2.06. The van der Waals surface area contributed by atoms with Gasteiger partial charge in [0.25, 0.3) is 0 Å². The third kappa shape index (κ3) is 1.74. The number of anilines is 1. The molecule has 4 nitrogen and oxygen atoms in total. The van der Waals surface area contributed by atoms with Gasteiger partial charge in [-0.3, -0.25) is 0 Å². The number of hydrogen-bond acceptors (Lipinski definition) is 3. The van der Waals surface area contributed by atoms with Crippen LogP contribution in [0.25, 0.3) is 11.3 Å². The maximum Gasteiger partial charge on any atom is 0.132 e. The van der Waals surface area contributed by atoms with Gasteiger partial charge in [-0.05, 0) is 12.1 Å². The summed E-state index contributed by atoms with van der Waals surface area (Å²) in [5, 5.41) is 0. The molecule has 0 bridgehead atoms. The highest BCUT2D eigenvalue weighted by atomic mass is 15.0. The molecule has 4 heteroatoms. The first kappa shape index (κ1) is 9.45. The van der Waals surface area contributed by atoms with Gasteiger partial charge in [-0.15, -0.1) is 6.58 Å². The van der Waals surface area contributed by atoms with Crippen molar-refractivity contribution in [2.45, 2.75) is 6.54 Å². The van der Waals surface area contributed by atoms with Gasteiger partial charge in [0.2, 0.25) is 0 Å². The predicted molar refractivity (Wildman–Crippen MR) is 60.1 cm³/mol. The Balaban J connectivity index is 2.49. The van der Waals surface area contributed by atoms with Crippen molar-refractivity contribution in [2.75, 3.05) is 5.73 Å². The Morgan fingerprint density at radius 1 is 1.53 bits per heavy atom. The molecular formula is C11H12N4. The molecule has 0 aliphatic rings. The fraction of sp³-hybridized carbons (Fsp3) is 0.0909. The average molecular weight is 200 g/mol. The van der Waals surface area contributed by atoms with Crippen molar-refractivity contribution < 1.29 is 0 Å². The molecule has 76 valence electrons. The Hall–Kier alpha value is -2.10. The summed E-state index contributed by atoms with van der Waals surface area (Å²) in [4.78, 5) is 8.14. The second-order valence-corrected chi connectivity index (χ2v) is 3.16. The zero-order valence-electron chi connectivity index (χ0n) is 8.30. The number of pyridine rings is 1. The molecule has 2 rings (SSSR count). The van der Waals surface area contributed by atoms with Crippen LogP contribution in [0.15, 0.2) is 43.5 Å². The van der Waals surface area contributed by atoms with E-state index in [4.69, 9.17) is 5.73 Å². The molecular weight excluding hydrogens is 188 g/mol. The first-order chi connectivity index (χ1) is 7.33. The fourth-order valence-electron chi connectivity index (χ4n) is 1.46. The Morgan fingerprint density at radius 2 is 2.40 bits per heavy atom. The van der Waals surface area contributed by atoms with E-state index in [0.29, 0.717) is 12.4 Å². The van der Waals surface area contributed by atoms with Crippen molar-refractivity contribution in [3.05, 3.63) is 43.5 Å². The van der Waals surface area contributed by atoms with Crippen molar-refractivity contribution >= 4 is 5.82 Å². The number of nitrogens with zero attached hydrogens (tertiary/aromatic N) is 3. The van der Waals surface area contributed by atoms with E-state index in [9.17, 15) is 0 Å². The van der Waals surface area contributed by atoms with Gasteiger partial charge in [0, 0.05) is 18.3 Å². The standard InChI is InChI=1S/C11H12N4/c1-2-6-15-8-13-7-10(15)9-4-3-5-14-11(9)12/h2-5,7-8H,1,6H2,(H2,12,14). The Morgan fingerprint density at radius 3 is 3.13 bits per heavy atom. The Labute approximate surface area is 88.1 Å². The van der Waals surface area contributed by atoms with E-state index in [2.05, 4.69) is 16.5 Å². The lowest BCUT2D eigenvalue weighted by molar-refractivity contribution is 0.829. The van der Waals surface area contributed by atoms with Gasteiger partial charge in [-0.25, -0.2) is 9.97 Å². The molecule has 0 spiro atoms. The summed E-state index contributed by atoms with van der Waals surface area (Å²) in [6.45, 7) is 4.41. The van der Waals surface area contributed by atoms with Gasteiger partial charge >= 0.3 is 0 Å². The van der Waals surface area contributed by atoms with Crippen molar-refractivity contribution in [2.24, 2.45) is 0 Å². The minimum Gasteiger partial charge on any atom is -0.383 e. The summed E-state index contributed by atoms with van der Waals surface area (Å²) < 4.78 is 1.97. The summed E-state index contributed by atoms with van der Waals surface area (Å²) in [7, 11) is 0. The third-order valence-electron chi connectivity index (χ3n) is 2.15. The van der Waals surface area contributed by atoms with Crippen LogP contribution in [0, 0.1) is 0 Å². The van der Waals surface area contributed by atoms with Crippen LogP contribution in [0.2, 0.25) is 0 Å². The minimum absolute atomic E-state index is 0.517. The van der Waals surface area contributed by atoms with Gasteiger partial charge in [-0.1, -0.05) is 6.08 Å². The van der Waals surface area contributed by atoms with Crippen LogP contribution < -0.4 is 5.73 Å². The lowest BCUT2D eigenvalue weighted by atomic mass is 10.2. The monoisotopic (exact) mass is 200 g/mol. The topological polar surface area (TPSA) is 56.7 Å². The molecule has 0 unspecified atom stereocenters. The zero-order chi connectivity index (χ0) is 10.7. The normalized spacial score (nSPS) is 10.1. The van der Waals surface area contributed by atoms with Crippen LogP contribution in [-0.2, 0) is 6.54 Å². The highest BCUT2D eigenvalue weighted by Gasteiger charge is 2.07. The molecule has 0 saturated carbocycles. The Bertz CT molecular complexity index is 473. The molecule has 0 aliphatic carbocycles. The second kappa shape index (κ2) is 3.96. The molecule has 0 atom stereocenters. The van der Waals surface area contributed by atoms with E-state index < -0.39 is 0 Å². The van der Waals surface area contributed by atoms with Crippen LogP contribution in [-0.4, -0.2) is 14.5 Å². The summed E-state index contributed by atoms with van der Waals surface area (Å²) in [5.41, 5.74) is 7.66. The van der Waals surface area contributed by atoms with E-state index >= 15 is 0 Å². The molecule has 2 aromatic heterocycles. The predicted octanol–water partition coefficient (Wildman–Crippen LogP) is 1.71. The minimum atomic E-state index is 0.517. The molecule has 0 fully saturated rings. The van der Waals surface area contributed by atoms with Gasteiger partial charge in [0.05, 0.1) is 18.2 Å². The van der Waals surface area contributed by atoms with E-state index in [0.717, 1.165) is 11.3 Å². The first-order valence-electron chi connectivity index (χ1n) is 4.65. The van der Waals surface area contributed by atoms with E-state index in [1.54, 1.807) is 18.7 Å². The molecule has 2 N–H and O–H groups in total. The van der Waals surface area contributed by atoms with E-state index in [-0.39, 0.29) is 0 Å². The highest BCUT2D eigenvalue weighted by molar-refractivity contribution is 5.70. The largest absolute Gasteiger partial charge is 0.383 e. The van der Waals surface area contributed by atoms with Crippen molar-refractivity contribution in [1.29, 1.82) is 0 Å². The third-order valence-corrected chi connectivity index (χ3v) is 2.15. The van der Waals surface area contributed by atoms with Gasteiger partial charge < -0.3 is 10.3 Å². The van der Waals surface area contributed by atoms with E-state index in [1.165, 1.54) is 0 Å². The molecule has 0 aliphatic heterocycles. The number of allylic oxidation sites excluding steroid dienone is 1. The van der Waals surface area contributed by atoms with Crippen molar-refractivity contribution in [3.8, 4) is 11.3 Å². The first-order valence-corrected chi connectivity index (χ1v) is 4.65. The van der Waals surface area contributed by atoms with Crippen LogP contribution >= 0.6 is 0 Å². The maximum absolute atomic E-state index is 5.80. The van der Waals surface area contributed by atoms with E-state index in [1.807, 2.05) is 22.8 Å². The average Bonchev–Trinajstić information content (AvgIpc) is 2.67. The number of imidazole rings is 1. The van der Waals surface area contributed by atoms with Gasteiger partial charge in [-0.2, -0.15) is 0 Å². The van der Waals surface area contributed by atoms with Gasteiger partial charge in [0.15, 0.2) is 0 Å².